The van der Waals surface area contributed by atoms with Gasteiger partial charge < -0.3 is 5.32 Å². The molecule has 1 N–H and O–H groups in total. The lowest BCUT2D eigenvalue weighted by molar-refractivity contribution is -0.118. The lowest BCUT2D eigenvalue weighted by Gasteiger charge is -2.37. The molecule has 1 saturated heterocycles. The van der Waals surface area contributed by atoms with Crippen molar-refractivity contribution in [3.05, 3.63) is 69.7 Å². The molecule has 11 heteroatoms. The molecular weight excluding hydrogens is 490 g/mol. The van der Waals surface area contributed by atoms with Gasteiger partial charge in [0.05, 0.1) is 21.8 Å². The predicted molar refractivity (Wildman–Crippen MR) is 135 cm³/mol. The maximum Gasteiger partial charge on any atom is 0.261 e. The molecule has 2 aromatic carbocycles. The third-order valence-corrected chi connectivity index (χ3v) is 8.41. The van der Waals surface area contributed by atoms with Crippen LogP contribution in [0.2, 0.25) is 5.02 Å². The number of carbonyl (C=O) groups excluding carboxylic acids is 1. The van der Waals surface area contributed by atoms with E-state index in [9.17, 15) is 18.0 Å². The van der Waals surface area contributed by atoms with Crippen LogP contribution in [0.3, 0.4) is 0 Å². The van der Waals surface area contributed by atoms with Gasteiger partial charge in [0.2, 0.25) is 15.9 Å². The van der Waals surface area contributed by atoms with Crippen molar-refractivity contribution < 1.29 is 13.2 Å². The van der Waals surface area contributed by atoms with Crippen LogP contribution >= 0.6 is 11.6 Å². The summed E-state index contributed by atoms with van der Waals surface area (Å²) in [7, 11) is -3.62. The summed E-state index contributed by atoms with van der Waals surface area (Å²) in [5, 5.41) is 3.73. The standard InChI is InChI=1S/C24H28ClN5O4S/c1-17(28-13-15-29(16-14-28)35(33,34)20-9-7-19(25)8-10-20)23-27-22-6-4-3-5-21(22)24(32)30(23)12-11-26-18(2)31/h3-10,17H,11-16H2,1-2H3,(H,26,31). The number of para-hydroxylation sites is 1. The minimum absolute atomic E-state index is 0.160. The quantitative estimate of drug-likeness (QED) is 0.515. The molecule has 0 bridgehead atoms. The van der Waals surface area contributed by atoms with Gasteiger partial charge in [0.25, 0.3) is 5.56 Å². The number of hydrogen-bond donors (Lipinski definition) is 1. The lowest BCUT2D eigenvalue weighted by atomic mass is 10.2. The van der Waals surface area contributed by atoms with Crippen LogP contribution < -0.4 is 10.9 Å². The van der Waals surface area contributed by atoms with E-state index in [1.807, 2.05) is 19.1 Å². The first-order valence-corrected chi connectivity index (χ1v) is 13.2. The van der Waals surface area contributed by atoms with Crippen molar-refractivity contribution in [1.82, 2.24) is 24.1 Å². The fourth-order valence-electron chi connectivity index (χ4n) is 4.31. The molecule has 1 aliphatic heterocycles. The van der Waals surface area contributed by atoms with Crippen molar-refractivity contribution in [2.75, 3.05) is 32.7 Å². The first-order chi connectivity index (χ1) is 16.7. The number of nitrogens with zero attached hydrogens (tertiary/aromatic N) is 4. The van der Waals surface area contributed by atoms with Crippen molar-refractivity contribution in [3.63, 3.8) is 0 Å². The molecule has 9 nitrogen and oxygen atoms in total. The fourth-order valence-corrected chi connectivity index (χ4v) is 5.86. The highest BCUT2D eigenvalue weighted by Gasteiger charge is 2.31. The summed E-state index contributed by atoms with van der Waals surface area (Å²) in [4.78, 5) is 31.8. The zero-order chi connectivity index (χ0) is 25.2. The molecule has 0 aliphatic carbocycles. The molecule has 1 aliphatic rings. The van der Waals surface area contributed by atoms with E-state index in [2.05, 4.69) is 10.2 Å². The van der Waals surface area contributed by atoms with E-state index in [0.717, 1.165) is 0 Å². The van der Waals surface area contributed by atoms with E-state index >= 15 is 0 Å². The molecule has 0 saturated carbocycles. The zero-order valence-corrected chi connectivity index (χ0v) is 21.2. The van der Waals surface area contributed by atoms with E-state index in [-0.39, 0.29) is 22.4 Å². The van der Waals surface area contributed by atoms with Crippen molar-refractivity contribution >= 4 is 38.4 Å². The summed E-state index contributed by atoms with van der Waals surface area (Å²) < 4.78 is 29.2. The molecular formula is C24H28ClN5O4S. The zero-order valence-electron chi connectivity index (χ0n) is 19.6. The molecule has 2 heterocycles. The maximum absolute atomic E-state index is 13.3. The van der Waals surface area contributed by atoms with Crippen molar-refractivity contribution in [2.24, 2.45) is 0 Å². The molecule has 1 amide bonds. The van der Waals surface area contributed by atoms with Gasteiger partial charge >= 0.3 is 0 Å². The number of benzene rings is 2. The van der Waals surface area contributed by atoms with Gasteiger partial charge in [-0.15, -0.1) is 0 Å². The highest BCUT2D eigenvalue weighted by Crippen LogP contribution is 2.24. The van der Waals surface area contributed by atoms with E-state index in [0.29, 0.717) is 61.0 Å². The first-order valence-electron chi connectivity index (χ1n) is 11.4. The van der Waals surface area contributed by atoms with E-state index in [1.54, 1.807) is 28.8 Å². The van der Waals surface area contributed by atoms with E-state index < -0.39 is 10.0 Å². The van der Waals surface area contributed by atoms with Crippen molar-refractivity contribution in [1.29, 1.82) is 0 Å². The van der Waals surface area contributed by atoms with Crippen LogP contribution in [0.5, 0.6) is 0 Å². The average Bonchev–Trinajstić information content (AvgIpc) is 2.85. The van der Waals surface area contributed by atoms with Crippen LogP contribution in [0.15, 0.2) is 58.2 Å². The number of fused-ring (bicyclic) bond motifs is 1. The number of nitrogens with one attached hydrogen (secondary N) is 1. The number of rotatable bonds is 7. The molecule has 1 unspecified atom stereocenters. The first kappa shape index (κ1) is 25.3. The van der Waals surface area contributed by atoms with Crippen LogP contribution in [0.25, 0.3) is 10.9 Å². The normalized spacial score (nSPS) is 16.3. The minimum atomic E-state index is -3.62. The summed E-state index contributed by atoms with van der Waals surface area (Å²) in [5.41, 5.74) is 0.450. The monoisotopic (exact) mass is 517 g/mol. The Bertz CT molecular complexity index is 1380. The highest BCUT2D eigenvalue weighted by molar-refractivity contribution is 7.89. The molecule has 0 spiro atoms. The summed E-state index contributed by atoms with van der Waals surface area (Å²) in [5.74, 6) is 0.424. The van der Waals surface area contributed by atoms with Gasteiger partial charge in [-0.1, -0.05) is 23.7 Å². The number of carbonyl (C=O) groups is 1. The number of hydrogen-bond acceptors (Lipinski definition) is 6. The smallest absolute Gasteiger partial charge is 0.261 e. The second-order valence-corrected chi connectivity index (χ2v) is 10.9. The number of sulfonamides is 1. The number of amides is 1. The molecule has 186 valence electrons. The van der Waals surface area contributed by atoms with Gasteiger partial charge in [-0.2, -0.15) is 4.31 Å². The van der Waals surface area contributed by atoms with E-state index in [4.69, 9.17) is 16.6 Å². The van der Waals surface area contributed by atoms with Gasteiger partial charge in [0, 0.05) is 51.2 Å². The Balaban J connectivity index is 1.56. The molecule has 1 aromatic heterocycles. The van der Waals surface area contributed by atoms with Gasteiger partial charge in [-0.25, -0.2) is 13.4 Å². The van der Waals surface area contributed by atoms with Gasteiger partial charge in [0.1, 0.15) is 5.82 Å². The number of aromatic nitrogens is 2. The SMILES string of the molecule is CC(=O)NCCn1c(C(C)N2CCN(S(=O)(=O)c3ccc(Cl)cc3)CC2)nc2ccccc2c1=O. The van der Waals surface area contributed by atoms with Gasteiger partial charge in [-0.3, -0.25) is 19.1 Å². The average molecular weight is 518 g/mol. The van der Waals surface area contributed by atoms with Crippen LogP contribution in [0.4, 0.5) is 0 Å². The summed E-state index contributed by atoms with van der Waals surface area (Å²) in [6.07, 6.45) is 0. The Morgan fingerprint density at radius 2 is 1.74 bits per heavy atom. The highest BCUT2D eigenvalue weighted by atomic mass is 35.5. The Morgan fingerprint density at radius 3 is 2.40 bits per heavy atom. The van der Waals surface area contributed by atoms with Crippen LogP contribution in [-0.4, -0.2) is 65.8 Å². The molecule has 0 radical (unpaired) electrons. The topological polar surface area (TPSA) is 105 Å². The maximum atomic E-state index is 13.3. The van der Waals surface area contributed by atoms with E-state index in [1.165, 1.54) is 23.4 Å². The minimum Gasteiger partial charge on any atom is -0.355 e. The summed E-state index contributed by atoms with van der Waals surface area (Å²) in [6.45, 7) is 5.61. The molecule has 1 atom stereocenters. The molecule has 1 fully saturated rings. The fraction of sp³-hybridized carbons (Fsp3) is 0.375. The Hall–Kier alpha value is -2.79. The third kappa shape index (κ3) is 5.40. The van der Waals surface area contributed by atoms with Gasteiger partial charge in [-0.05, 0) is 43.3 Å². The Labute approximate surface area is 209 Å². The predicted octanol–water partition coefficient (Wildman–Crippen LogP) is 2.25. The second-order valence-electron chi connectivity index (χ2n) is 8.50. The van der Waals surface area contributed by atoms with Crippen LogP contribution in [0.1, 0.15) is 25.7 Å². The number of halogens is 1. The van der Waals surface area contributed by atoms with Crippen molar-refractivity contribution in [2.45, 2.75) is 31.3 Å². The molecule has 3 aromatic rings. The molecule has 4 rings (SSSR count). The second kappa shape index (κ2) is 10.4. The molecule has 35 heavy (non-hydrogen) atoms. The van der Waals surface area contributed by atoms with Gasteiger partial charge in [0.15, 0.2) is 0 Å². The van der Waals surface area contributed by atoms with Crippen LogP contribution in [0, 0.1) is 0 Å². The Kier molecular flexibility index (Phi) is 7.56. The van der Waals surface area contributed by atoms with Crippen LogP contribution in [-0.2, 0) is 21.4 Å². The largest absolute Gasteiger partial charge is 0.355 e. The van der Waals surface area contributed by atoms with Crippen molar-refractivity contribution in [3.8, 4) is 0 Å². The third-order valence-electron chi connectivity index (χ3n) is 6.25. The number of piperazine rings is 1. The summed E-state index contributed by atoms with van der Waals surface area (Å²) in [6, 6.07) is 13.1. The Morgan fingerprint density at radius 1 is 1.09 bits per heavy atom. The lowest BCUT2D eigenvalue weighted by Crippen LogP contribution is -2.50. The summed E-state index contributed by atoms with van der Waals surface area (Å²) >= 11 is 5.90.